The first-order chi connectivity index (χ1) is 36.2. The average Bonchev–Trinajstić information content (AvgIpc) is 3.46. The van der Waals surface area contributed by atoms with E-state index in [4.69, 9.17) is 4.74 Å². The molecule has 5 heteroatoms. The average molecular weight is 939 g/mol. The smallest absolute Gasteiger partial charge is 0.127 e. The molecule has 0 radical (unpaired) electrons. The van der Waals surface area contributed by atoms with Gasteiger partial charge in [0.05, 0.1) is 11.4 Å². The van der Waals surface area contributed by atoms with Crippen molar-refractivity contribution in [2.24, 2.45) is 0 Å². The molecule has 0 amide bonds. The zero-order valence-electron chi connectivity index (χ0n) is 40.1. The lowest BCUT2D eigenvalue weighted by molar-refractivity contribution is 0.483. The van der Waals surface area contributed by atoms with E-state index in [1.165, 1.54) is 21.5 Å². The maximum Gasteiger partial charge on any atom is 0.127 e. The molecule has 0 saturated heterocycles. The first kappa shape index (κ1) is 44.4. The minimum Gasteiger partial charge on any atom is -0.457 e. The predicted octanol–water partition coefficient (Wildman–Crippen LogP) is 19.7. The summed E-state index contributed by atoms with van der Waals surface area (Å²) in [6, 6.07) is 107. The van der Waals surface area contributed by atoms with Gasteiger partial charge in [0.2, 0.25) is 0 Å². The number of ether oxygens (including phenoxy) is 1. The number of hydrogen-bond donors (Lipinski definition) is 0. The van der Waals surface area contributed by atoms with E-state index >= 15 is 0 Å². The van der Waals surface area contributed by atoms with Crippen LogP contribution < -0.4 is 24.3 Å². The van der Waals surface area contributed by atoms with Crippen LogP contribution in [0, 0.1) is 0 Å². The van der Waals surface area contributed by atoms with Crippen LogP contribution in [-0.2, 0) is 0 Å². The molecule has 12 rings (SSSR count). The predicted molar refractivity (Wildman–Crippen MR) is 307 cm³/mol. The van der Waals surface area contributed by atoms with Gasteiger partial charge in [0.25, 0.3) is 0 Å². The van der Waals surface area contributed by atoms with E-state index in [2.05, 4.69) is 323 Å². The maximum absolute atomic E-state index is 6.62. The van der Waals surface area contributed by atoms with E-state index in [0.29, 0.717) is 0 Å². The Labute approximate surface area is 426 Å². The molecule has 12 aromatic carbocycles. The number of benzene rings is 12. The molecule has 0 heterocycles. The third-order valence-corrected chi connectivity index (χ3v) is 13.2. The standard InChI is InChI=1S/C68H50N4O/c1-5-23-53(24-6-1)69(54-25-7-2-8-26-54)57-35-39-59(40-36-57)71(67-33-17-21-51-19-13-15-31-65(51)67)61-43-47-63(48-44-61)73-64-49-45-62(46-50-64)72(68-34-18-22-52-20-14-16-32-66(52)68)60-41-37-58(38-42-60)70(55-27-9-3-10-28-55)56-29-11-4-12-30-56/h1-50H. The molecular weight excluding hydrogens is 889 g/mol. The van der Waals surface area contributed by atoms with Gasteiger partial charge in [-0.25, -0.2) is 0 Å². The molecular formula is C68H50N4O. The Hall–Kier alpha value is -9.84. The summed E-state index contributed by atoms with van der Waals surface area (Å²) in [4.78, 5) is 9.23. The second kappa shape index (κ2) is 20.2. The Morgan fingerprint density at radius 1 is 0.178 bits per heavy atom. The molecule has 12 aromatic rings. The lowest BCUT2D eigenvalue weighted by atomic mass is 10.1. The monoisotopic (exact) mass is 938 g/mol. The summed E-state index contributed by atoms with van der Waals surface area (Å²) in [7, 11) is 0. The molecule has 5 nitrogen and oxygen atoms in total. The fourth-order valence-corrected chi connectivity index (χ4v) is 9.83. The molecule has 0 aliphatic carbocycles. The van der Waals surface area contributed by atoms with Gasteiger partial charge in [0.1, 0.15) is 11.5 Å². The number of hydrogen-bond acceptors (Lipinski definition) is 5. The summed E-state index contributed by atoms with van der Waals surface area (Å²) in [6.07, 6.45) is 0. The van der Waals surface area contributed by atoms with E-state index in [0.717, 1.165) is 79.7 Å². The molecule has 0 spiro atoms. The number of rotatable bonds is 14. The third-order valence-electron chi connectivity index (χ3n) is 13.2. The minimum atomic E-state index is 0.744. The SMILES string of the molecule is c1ccc(N(c2ccccc2)c2ccc(N(c3ccc(Oc4ccc(N(c5ccc(N(c6ccccc6)c6ccccc6)cc5)c5cccc6ccccc56)cc4)cc3)c3cccc4ccccc34)cc2)cc1. The van der Waals surface area contributed by atoms with E-state index in [1.807, 2.05) is 0 Å². The summed E-state index contributed by atoms with van der Waals surface area (Å²) in [6.45, 7) is 0. The highest BCUT2D eigenvalue weighted by Crippen LogP contribution is 2.44. The Morgan fingerprint density at radius 3 is 0.726 bits per heavy atom. The van der Waals surface area contributed by atoms with Crippen LogP contribution in [0.2, 0.25) is 0 Å². The number of para-hydroxylation sites is 4. The quantitative estimate of drug-likeness (QED) is 0.108. The fourth-order valence-electron chi connectivity index (χ4n) is 9.83. The number of anilines is 12. The fraction of sp³-hybridized carbons (Fsp3) is 0. The van der Waals surface area contributed by atoms with Crippen LogP contribution in [0.15, 0.2) is 303 Å². The molecule has 0 bridgehead atoms. The summed E-state index contributed by atoms with van der Waals surface area (Å²) in [5, 5.41) is 4.69. The Morgan fingerprint density at radius 2 is 0.411 bits per heavy atom. The summed E-state index contributed by atoms with van der Waals surface area (Å²) >= 11 is 0. The van der Waals surface area contributed by atoms with Gasteiger partial charge < -0.3 is 24.3 Å². The first-order valence-electron chi connectivity index (χ1n) is 24.7. The molecule has 0 aliphatic rings. The van der Waals surface area contributed by atoms with Crippen LogP contribution in [0.3, 0.4) is 0 Å². The van der Waals surface area contributed by atoms with Crippen molar-refractivity contribution in [3.63, 3.8) is 0 Å². The number of nitrogens with zero attached hydrogens (tertiary/aromatic N) is 4. The van der Waals surface area contributed by atoms with Crippen LogP contribution >= 0.6 is 0 Å². The first-order valence-corrected chi connectivity index (χ1v) is 24.7. The van der Waals surface area contributed by atoms with Crippen molar-refractivity contribution in [3.05, 3.63) is 303 Å². The van der Waals surface area contributed by atoms with Crippen molar-refractivity contribution < 1.29 is 4.74 Å². The van der Waals surface area contributed by atoms with Crippen LogP contribution in [0.4, 0.5) is 68.2 Å². The van der Waals surface area contributed by atoms with Gasteiger partial charge in [0.15, 0.2) is 0 Å². The maximum atomic E-state index is 6.62. The van der Waals surface area contributed by atoms with Crippen LogP contribution in [-0.4, -0.2) is 0 Å². The van der Waals surface area contributed by atoms with Gasteiger partial charge in [0, 0.05) is 67.6 Å². The highest BCUT2D eigenvalue weighted by molar-refractivity contribution is 6.00. The highest BCUT2D eigenvalue weighted by atomic mass is 16.5. The van der Waals surface area contributed by atoms with Gasteiger partial charge in [-0.15, -0.1) is 0 Å². The topological polar surface area (TPSA) is 22.2 Å². The second-order valence-electron chi connectivity index (χ2n) is 17.8. The molecule has 0 aliphatic heterocycles. The third kappa shape index (κ3) is 9.23. The zero-order chi connectivity index (χ0) is 48.8. The van der Waals surface area contributed by atoms with Crippen LogP contribution in [0.25, 0.3) is 21.5 Å². The molecule has 0 unspecified atom stereocenters. The Kier molecular flexibility index (Phi) is 12.3. The molecule has 0 saturated carbocycles. The lowest BCUT2D eigenvalue weighted by Gasteiger charge is -2.29. The highest BCUT2D eigenvalue weighted by Gasteiger charge is 2.20. The molecule has 0 fully saturated rings. The van der Waals surface area contributed by atoms with Gasteiger partial charge in [-0.1, -0.05) is 146 Å². The van der Waals surface area contributed by atoms with Crippen molar-refractivity contribution in [1.29, 1.82) is 0 Å². The van der Waals surface area contributed by atoms with Crippen molar-refractivity contribution in [2.45, 2.75) is 0 Å². The van der Waals surface area contributed by atoms with E-state index in [1.54, 1.807) is 0 Å². The Bertz CT molecular complexity index is 3400. The normalized spacial score (nSPS) is 11.0. The van der Waals surface area contributed by atoms with Crippen molar-refractivity contribution in [3.8, 4) is 11.5 Å². The van der Waals surface area contributed by atoms with Crippen molar-refractivity contribution in [2.75, 3.05) is 19.6 Å². The van der Waals surface area contributed by atoms with Crippen molar-refractivity contribution in [1.82, 2.24) is 0 Å². The van der Waals surface area contributed by atoms with Gasteiger partial charge >= 0.3 is 0 Å². The molecule has 0 atom stereocenters. The van der Waals surface area contributed by atoms with Crippen LogP contribution in [0.5, 0.6) is 11.5 Å². The minimum absolute atomic E-state index is 0.744. The molecule has 348 valence electrons. The van der Waals surface area contributed by atoms with Gasteiger partial charge in [-0.05, 0) is 168 Å². The lowest BCUT2D eigenvalue weighted by Crippen LogP contribution is -2.12. The second-order valence-corrected chi connectivity index (χ2v) is 17.8. The zero-order valence-corrected chi connectivity index (χ0v) is 40.1. The van der Waals surface area contributed by atoms with E-state index < -0.39 is 0 Å². The van der Waals surface area contributed by atoms with Crippen molar-refractivity contribution >= 4 is 89.8 Å². The summed E-state index contributed by atoms with van der Waals surface area (Å²) in [5.74, 6) is 1.49. The van der Waals surface area contributed by atoms with E-state index in [9.17, 15) is 0 Å². The Balaban J connectivity index is 0.854. The van der Waals surface area contributed by atoms with Gasteiger partial charge in [-0.3, -0.25) is 0 Å². The molecule has 73 heavy (non-hydrogen) atoms. The van der Waals surface area contributed by atoms with E-state index in [-0.39, 0.29) is 0 Å². The summed E-state index contributed by atoms with van der Waals surface area (Å²) < 4.78 is 6.62. The summed E-state index contributed by atoms with van der Waals surface area (Å²) in [5.41, 5.74) is 12.8. The molecule has 0 N–H and O–H groups in total. The largest absolute Gasteiger partial charge is 0.457 e. The molecule has 0 aromatic heterocycles. The van der Waals surface area contributed by atoms with Gasteiger partial charge in [-0.2, -0.15) is 0 Å². The van der Waals surface area contributed by atoms with Crippen LogP contribution in [0.1, 0.15) is 0 Å². The number of fused-ring (bicyclic) bond motifs is 2.